The van der Waals surface area contributed by atoms with Gasteiger partial charge in [-0.25, -0.2) is 4.98 Å². The van der Waals surface area contributed by atoms with Crippen molar-refractivity contribution in [2.24, 2.45) is 0 Å². The van der Waals surface area contributed by atoms with Gasteiger partial charge in [0, 0.05) is 10.4 Å². The van der Waals surface area contributed by atoms with E-state index in [4.69, 9.17) is 11.6 Å². The van der Waals surface area contributed by atoms with Crippen LogP contribution in [0.1, 0.15) is 26.8 Å². The fourth-order valence-corrected chi connectivity index (χ4v) is 4.73. The number of fused-ring (bicyclic) bond motifs is 2. The molecule has 0 radical (unpaired) electrons. The first-order valence-corrected chi connectivity index (χ1v) is 10.7. The Kier molecular flexibility index (Phi) is 4.77. The van der Waals surface area contributed by atoms with E-state index in [0.717, 1.165) is 38.3 Å². The molecule has 5 aromatic rings. The van der Waals surface area contributed by atoms with Gasteiger partial charge in [-0.2, -0.15) is 5.10 Å². The monoisotopic (exact) mass is 435 g/mol. The number of imidazole rings is 1. The van der Waals surface area contributed by atoms with Crippen molar-refractivity contribution in [3.8, 4) is 0 Å². The number of thiophene rings is 1. The van der Waals surface area contributed by atoms with E-state index in [0.29, 0.717) is 23.0 Å². The second kappa shape index (κ2) is 7.59. The predicted molar refractivity (Wildman–Crippen MR) is 120 cm³/mol. The fraction of sp³-hybridized carbons (Fsp3) is 0.136. The van der Waals surface area contributed by atoms with Gasteiger partial charge in [-0.05, 0) is 36.8 Å². The molecule has 3 heterocycles. The van der Waals surface area contributed by atoms with E-state index in [2.05, 4.69) is 20.4 Å². The molecule has 8 heteroatoms. The molecule has 0 saturated carbocycles. The van der Waals surface area contributed by atoms with Crippen LogP contribution in [0.2, 0.25) is 5.02 Å². The molecule has 30 heavy (non-hydrogen) atoms. The number of aromatic nitrogens is 4. The summed E-state index contributed by atoms with van der Waals surface area (Å²) in [6.07, 6.45) is 0. The quantitative estimate of drug-likeness (QED) is 0.411. The number of aryl methyl sites for hydroxylation is 1. The second-order valence-electron chi connectivity index (χ2n) is 7.05. The summed E-state index contributed by atoms with van der Waals surface area (Å²) in [5, 5.41) is 9.27. The Balaban J connectivity index is 1.36. The van der Waals surface area contributed by atoms with Crippen LogP contribution in [0.4, 0.5) is 0 Å². The topological polar surface area (TPSA) is 75.6 Å². The Morgan fingerprint density at radius 2 is 2.00 bits per heavy atom. The normalized spacial score (nSPS) is 11.4. The number of benzene rings is 2. The fourth-order valence-electron chi connectivity index (χ4n) is 3.46. The first-order chi connectivity index (χ1) is 14.6. The van der Waals surface area contributed by atoms with Gasteiger partial charge in [0.05, 0.1) is 34.7 Å². The number of para-hydroxylation sites is 2. The van der Waals surface area contributed by atoms with Gasteiger partial charge < -0.3 is 10.3 Å². The SMILES string of the molecule is Cc1nn(Cc2ccccc2Cl)c2sc(C(=O)NCc3nc4ccccc4[nH]3)cc12. The van der Waals surface area contributed by atoms with Gasteiger partial charge in [-0.1, -0.05) is 41.9 Å². The standard InChI is InChI=1S/C22H18ClN5OS/c1-13-15-10-19(21(29)24-11-20-25-17-8-4-5-9-18(17)26-20)30-22(15)28(27-13)12-14-6-2-3-7-16(14)23/h2-10H,11-12H2,1H3,(H,24,29)(H,25,26). The molecule has 2 aromatic carbocycles. The number of hydrogen-bond donors (Lipinski definition) is 2. The number of amides is 1. The van der Waals surface area contributed by atoms with Crippen molar-refractivity contribution in [2.75, 3.05) is 0 Å². The molecule has 1 amide bonds. The maximum Gasteiger partial charge on any atom is 0.261 e. The van der Waals surface area contributed by atoms with Gasteiger partial charge in [0.1, 0.15) is 10.7 Å². The number of aromatic amines is 1. The first-order valence-electron chi connectivity index (χ1n) is 9.50. The lowest BCUT2D eigenvalue weighted by atomic mass is 10.2. The molecule has 150 valence electrons. The van der Waals surface area contributed by atoms with Crippen LogP contribution in [-0.2, 0) is 13.1 Å². The Labute approximate surface area is 181 Å². The predicted octanol–water partition coefficient (Wildman–Crippen LogP) is 4.91. The molecule has 3 aromatic heterocycles. The smallest absolute Gasteiger partial charge is 0.261 e. The average Bonchev–Trinajstić information content (AvgIpc) is 3.43. The van der Waals surface area contributed by atoms with Crippen molar-refractivity contribution in [1.29, 1.82) is 0 Å². The molecule has 6 nitrogen and oxygen atoms in total. The first kappa shape index (κ1) is 18.8. The third-order valence-corrected chi connectivity index (χ3v) is 6.48. The maximum atomic E-state index is 12.7. The van der Waals surface area contributed by atoms with E-state index < -0.39 is 0 Å². The minimum Gasteiger partial charge on any atom is -0.344 e. The summed E-state index contributed by atoms with van der Waals surface area (Å²) in [5.74, 6) is 0.604. The number of H-pyrrole nitrogens is 1. The third-order valence-electron chi connectivity index (χ3n) is 4.96. The molecule has 0 saturated heterocycles. The van der Waals surface area contributed by atoms with E-state index >= 15 is 0 Å². The highest BCUT2D eigenvalue weighted by Gasteiger charge is 2.17. The summed E-state index contributed by atoms with van der Waals surface area (Å²) < 4.78 is 1.91. The average molecular weight is 436 g/mol. The summed E-state index contributed by atoms with van der Waals surface area (Å²) >= 11 is 7.74. The summed E-state index contributed by atoms with van der Waals surface area (Å²) in [5.41, 5.74) is 3.73. The van der Waals surface area contributed by atoms with Crippen LogP contribution in [0, 0.1) is 6.92 Å². The molecule has 0 spiro atoms. The van der Waals surface area contributed by atoms with E-state index in [9.17, 15) is 4.79 Å². The van der Waals surface area contributed by atoms with Gasteiger partial charge in [-0.3, -0.25) is 9.48 Å². The molecular weight excluding hydrogens is 418 g/mol. The zero-order valence-electron chi connectivity index (χ0n) is 16.1. The van der Waals surface area contributed by atoms with Gasteiger partial charge in [0.2, 0.25) is 0 Å². The molecule has 5 rings (SSSR count). The minimum atomic E-state index is -0.125. The van der Waals surface area contributed by atoms with Crippen molar-refractivity contribution in [2.45, 2.75) is 20.0 Å². The molecule has 2 N–H and O–H groups in total. The van der Waals surface area contributed by atoms with Gasteiger partial charge in [0.25, 0.3) is 5.91 Å². The molecular formula is C22H18ClN5OS. The lowest BCUT2D eigenvalue weighted by Gasteiger charge is -2.05. The van der Waals surface area contributed by atoms with Crippen molar-refractivity contribution in [3.63, 3.8) is 0 Å². The molecule has 0 aliphatic rings. The Bertz CT molecular complexity index is 1350. The zero-order valence-corrected chi connectivity index (χ0v) is 17.7. The number of carbonyl (C=O) groups is 1. The molecule has 0 fully saturated rings. The number of carbonyl (C=O) groups excluding carboxylic acids is 1. The largest absolute Gasteiger partial charge is 0.344 e. The Hall–Kier alpha value is -3.16. The second-order valence-corrected chi connectivity index (χ2v) is 8.49. The third kappa shape index (κ3) is 3.46. The molecule has 0 aliphatic heterocycles. The molecule has 0 bridgehead atoms. The lowest BCUT2D eigenvalue weighted by molar-refractivity contribution is 0.0954. The summed E-state index contributed by atoms with van der Waals surface area (Å²) in [7, 11) is 0. The highest BCUT2D eigenvalue weighted by Crippen LogP contribution is 2.29. The summed E-state index contributed by atoms with van der Waals surface area (Å²) in [6.45, 7) is 2.85. The number of hydrogen-bond acceptors (Lipinski definition) is 4. The summed E-state index contributed by atoms with van der Waals surface area (Å²) in [6, 6.07) is 17.4. The van der Waals surface area contributed by atoms with Gasteiger partial charge in [0.15, 0.2) is 0 Å². The Morgan fingerprint density at radius 1 is 1.20 bits per heavy atom. The van der Waals surface area contributed by atoms with Crippen LogP contribution in [0.15, 0.2) is 54.6 Å². The molecule has 0 atom stereocenters. The van der Waals surface area contributed by atoms with E-state index in [-0.39, 0.29) is 5.91 Å². The van der Waals surface area contributed by atoms with E-state index in [1.165, 1.54) is 11.3 Å². The van der Waals surface area contributed by atoms with E-state index in [1.54, 1.807) is 0 Å². The summed E-state index contributed by atoms with van der Waals surface area (Å²) in [4.78, 5) is 22.1. The van der Waals surface area contributed by atoms with E-state index in [1.807, 2.05) is 66.2 Å². The van der Waals surface area contributed by atoms with Crippen LogP contribution in [0.3, 0.4) is 0 Å². The zero-order chi connectivity index (χ0) is 20.7. The van der Waals surface area contributed by atoms with Crippen LogP contribution in [-0.4, -0.2) is 25.7 Å². The van der Waals surface area contributed by atoms with Crippen molar-refractivity contribution in [1.82, 2.24) is 25.1 Å². The molecule has 0 unspecified atom stereocenters. The maximum absolute atomic E-state index is 12.7. The van der Waals surface area contributed by atoms with Gasteiger partial charge in [-0.15, -0.1) is 11.3 Å². The van der Waals surface area contributed by atoms with Gasteiger partial charge >= 0.3 is 0 Å². The number of rotatable bonds is 5. The van der Waals surface area contributed by atoms with Crippen LogP contribution >= 0.6 is 22.9 Å². The van der Waals surface area contributed by atoms with Crippen LogP contribution in [0.5, 0.6) is 0 Å². The van der Waals surface area contributed by atoms with Crippen molar-refractivity contribution in [3.05, 3.63) is 81.6 Å². The number of nitrogens with zero attached hydrogens (tertiary/aromatic N) is 3. The van der Waals surface area contributed by atoms with Crippen molar-refractivity contribution >= 4 is 50.1 Å². The minimum absolute atomic E-state index is 0.125. The lowest BCUT2D eigenvalue weighted by Crippen LogP contribution is -2.22. The van der Waals surface area contributed by atoms with Crippen molar-refractivity contribution < 1.29 is 4.79 Å². The number of halogens is 1. The molecule has 0 aliphatic carbocycles. The van der Waals surface area contributed by atoms with Crippen LogP contribution in [0.25, 0.3) is 21.3 Å². The highest BCUT2D eigenvalue weighted by molar-refractivity contribution is 7.20. The number of nitrogens with one attached hydrogen (secondary N) is 2. The Morgan fingerprint density at radius 3 is 2.83 bits per heavy atom. The highest BCUT2D eigenvalue weighted by atomic mass is 35.5. The van der Waals surface area contributed by atoms with Crippen LogP contribution < -0.4 is 5.32 Å².